The first-order valence-corrected chi connectivity index (χ1v) is 12.1. The first kappa shape index (κ1) is 21.7. The Morgan fingerprint density at radius 3 is 2.51 bits per heavy atom. The summed E-state index contributed by atoms with van der Waals surface area (Å²) in [4.78, 5) is 9.73. The lowest BCUT2D eigenvalue weighted by molar-refractivity contribution is 0.270. The molecular weight excluding hydrogens is 458 g/mol. The summed E-state index contributed by atoms with van der Waals surface area (Å²) in [6.45, 7) is 1.09. The second-order valence-electron chi connectivity index (χ2n) is 8.77. The molecule has 35 heavy (non-hydrogen) atoms. The van der Waals surface area contributed by atoms with Crippen LogP contribution in [0.1, 0.15) is 34.8 Å². The zero-order valence-electron chi connectivity index (χ0n) is 19.0. The molecule has 5 nitrogen and oxygen atoms in total. The lowest BCUT2D eigenvalue weighted by atomic mass is 9.72. The minimum absolute atomic E-state index is 0.238. The van der Waals surface area contributed by atoms with Crippen molar-refractivity contribution < 1.29 is 9.15 Å². The number of guanidine groups is 1. The molecule has 6 rings (SSSR count). The summed E-state index contributed by atoms with van der Waals surface area (Å²) in [7, 11) is 0. The molecule has 0 bridgehead atoms. The summed E-state index contributed by atoms with van der Waals surface area (Å²) in [5.41, 5.74) is 5.64. The van der Waals surface area contributed by atoms with E-state index in [-0.39, 0.29) is 11.8 Å². The van der Waals surface area contributed by atoms with Crippen LogP contribution in [0.4, 0.5) is 5.69 Å². The molecule has 0 saturated carbocycles. The van der Waals surface area contributed by atoms with Crippen molar-refractivity contribution >= 4 is 29.0 Å². The van der Waals surface area contributed by atoms with Crippen LogP contribution >= 0.6 is 11.6 Å². The third-order valence-electron chi connectivity index (χ3n) is 6.56. The van der Waals surface area contributed by atoms with Crippen LogP contribution in [-0.4, -0.2) is 18.2 Å². The van der Waals surface area contributed by atoms with Crippen molar-refractivity contribution in [1.29, 1.82) is 0 Å². The molecule has 0 spiro atoms. The van der Waals surface area contributed by atoms with E-state index in [2.05, 4.69) is 41.7 Å². The van der Waals surface area contributed by atoms with Gasteiger partial charge in [-0.05, 0) is 60.0 Å². The van der Waals surface area contributed by atoms with Gasteiger partial charge in [0.15, 0.2) is 0 Å². The van der Waals surface area contributed by atoms with Crippen molar-refractivity contribution in [1.82, 2.24) is 0 Å². The first-order chi connectivity index (χ1) is 17.2. The number of ether oxygens (including phenoxy) is 1. The molecule has 2 aliphatic rings. The van der Waals surface area contributed by atoms with Crippen LogP contribution in [-0.2, 0) is 6.61 Å². The highest BCUT2D eigenvalue weighted by molar-refractivity contribution is 6.31. The molecule has 1 aliphatic carbocycles. The van der Waals surface area contributed by atoms with Crippen LogP contribution < -0.4 is 10.1 Å². The predicted molar refractivity (Wildman–Crippen MR) is 140 cm³/mol. The molecule has 0 amide bonds. The van der Waals surface area contributed by atoms with E-state index in [1.165, 1.54) is 16.7 Å². The Bertz CT molecular complexity index is 1390. The normalized spacial score (nSPS) is 18.7. The van der Waals surface area contributed by atoms with Crippen molar-refractivity contribution in [2.45, 2.75) is 18.9 Å². The molecular formula is C29H24ClN3O2. The summed E-state index contributed by atoms with van der Waals surface area (Å²) in [5.74, 6) is 2.69. The summed E-state index contributed by atoms with van der Waals surface area (Å²) in [5, 5.41) is 4.17. The fourth-order valence-electron chi connectivity index (χ4n) is 4.87. The molecule has 2 atom stereocenters. The highest BCUT2D eigenvalue weighted by Gasteiger charge is 2.35. The van der Waals surface area contributed by atoms with Gasteiger partial charge in [-0.15, -0.1) is 0 Å². The Morgan fingerprint density at radius 2 is 1.71 bits per heavy atom. The summed E-state index contributed by atoms with van der Waals surface area (Å²) in [6, 6.07) is 28.2. The minimum Gasteiger partial charge on any atom is -0.486 e. The van der Waals surface area contributed by atoms with Crippen LogP contribution in [0, 0.1) is 5.92 Å². The highest BCUT2D eigenvalue weighted by Crippen LogP contribution is 2.42. The van der Waals surface area contributed by atoms with Gasteiger partial charge in [-0.2, -0.15) is 0 Å². The molecule has 1 aromatic heterocycles. The number of rotatable bonds is 5. The molecule has 4 aromatic rings. The number of nitrogens with zero attached hydrogens (tertiary/aromatic N) is 2. The van der Waals surface area contributed by atoms with E-state index in [1.54, 1.807) is 6.26 Å². The van der Waals surface area contributed by atoms with E-state index >= 15 is 0 Å². The monoisotopic (exact) mass is 481 g/mol. The number of halogens is 1. The smallest absolute Gasteiger partial charge is 0.222 e. The van der Waals surface area contributed by atoms with Crippen molar-refractivity contribution in [3.05, 3.63) is 119 Å². The SMILES string of the molecule is Clc1ccccc1C1CC2CN=C(Nc3ccc(OCc4ccco4)cc3)N=C2c2ccccc21. The van der Waals surface area contributed by atoms with Gasteiger partial charge < -0.3 is 14.5 Å². The number of hydrogen-bond donors (Lipinski definition) is 1. The zero-order valence-corrected chi connectivity index (χ0v) is 19.8. The van der Waals surface area contributed by atoms with Crippen molar-refractivity contribution in [3.63, 3.8) is 0 Å². The van der Waals surface area contributed by atoms with Gasteiger partial charge in [0.05, 0.1) is 18.5 Å². The number of benzene rings is 3. The van der Waals surface area contributed by atoms with Crippen LogP contribution in [0.25, 0.3) is 0 Å². The molecule has 2 heterocycles. The van der Waals surface area contributed by atoms with Gasteiger partial charge in [-0.25, -0.2) is 4.99 Å². The summed E-state index contributed by atoms with van der Waals surface area (Å²) in [6.07, 6.45) is 2.59. The minimum atomic E-state index is 0.238. The van der Waals surface area contributed by atoms with Crippen LogP contribution in [0.2, 0.25) is 5.02 Å². The third-order valence-corrected chi connectivity index (χ3v) is 6.90. The number of fused-ring (bicyclic) bond motifs is 3. The van der Waals surface area contributed by atoms with Crippen molar-refractivity contribution in [3.8, 4) is 5.75 Å². The fourth-order valence-corrected chi connectivity index (χ4v) is 5.14. The standard InChI is InChI=1S/C29H24ClN3O2/c30-27-10-4-3-8-24(27)26-16-19-17-31-29(33-28(19)25-9-2-1-7-23(25)26)32-20-11-13-21(14-12-20)35-18-22-6-5-15-34-22/h1-15,19,26H,16-18H2,(H,31,32). The summed E-state index contributed by atoms with van der Waals surface area (Å²) >= 11 is 6.59. The fraction of sp³-hybridized carbons (Fsp3) is 0.172. The average Bonchev–Trinajstić information content (AvgIpc) is 3.42. The number of furan rings is 1. The lowest BCUT2D eigenvalue weighted by Crippen LogP contribution is -2.33. The van der Waals surface area contributed by atoms with Crippen LogP contribution in [0.5, 0.6) is 5.75 Å². The maximum Gasteiger partial charge on any atom is 0.222 e. The topological polar surface area (TPSA) is 59.1 Å². The Kier molecular flexibility index (Phi) is 5.84. The Morgan fingerprint density at radius 1 is 0.914 bits per heavy atom. The second-order valence-corrected chi connectivity index (χ2v) is 9.18. The molecule has 0 radical (unpaired) electrons. The zero-order chi connectivity index (χ0) is 23.6. The number of nitrogens with one attached hydrogen (secondary N) is 1. The maximum absolute atomic E-state index is 6.59. The predicted octanol–water partition coefficient (Wildman–Crippen LogP) is 6.93. The third kappa shape index (κ3) is 4.47. The van der Waals surface area contributed by atoms with E-state index in [4.69, 9.17) is 30.7 Å². The molecule has 0 saturated heterocycles. The lowest BCUT2D eigenvalue weighted by Gasteiger charge is -2.34. The molecule has 2 unspecified atom stereocenters. The van der Waals surface area contributed by atoms with Crippen LogP contribution in [0.3, 0.4) is 0 Å². The first-order valence-electron chi connectivity index (χ1n) is 11.7. The van der Waals surface area contributed by atoms with E-state index < -0.39 is 0 Å². The van der Waals surface area contributed by atoms with Gasteiger partial charge in [0.2, 0.25) is 5.96 Å². The van der Waals surface area contributed by atoms with E-state index in [0.29, 0.717) is 19.1 Å². The quantitative estimate of drug-likeness (QED) is 0.336. The van der Waals surface area contributed by atoms with Gasteiger partial charge >= 0.3 is 0 Å². The number of anilines is 1. The Balaban J connectivity index is 1.21. The molecule has 1 N–H and O–H groups in total. The maximum atomic E-state index is 6.59. The molecule has 0 fully saturated rings. The summed E-state index contributed by atoms with van der Waals surface area (Å²) < 4.78 is 11.1. The van der Waals surface area contributed by atoms with E-state index in [0.717, 1.165) is 34.4 Å². The highest BCUT2D eigenvalue weighted by atomic mass is 35.5. The molecule has 6 heteroatoms. The molecule has 1 aliphatic heterocycles. The van der Waals surface area contributed by atoms with Crippen molar-refractivity contribution in [2.75, 3.05) is 11.9 Å². The van der Waals surface area contributed by atoms with E-state index in [1.807, 2.05) is 48.5 Å². The van der Waals surface area contributed by atoms with Gasteiger partial charge in [-0.3, -0.25) is 4.99 Å². The van der Waals surface area contributed by atoms with Crippen LogP contribution in [0.15, 0.2) is 106 Å². The second kappa shape index (κ2) is 9.43. The van der Waals surface area contributed by atoms with Gasteiger partial charge in [-0.1, -0.05) is 54.1 Å². The van der Waals surface area contributed by atoms with Gasteiger partial charge in [0, 0.05) is 28.1 Å². The molecule has 174 valence electrons. The van der Waals surface area contributed by atoms with Gasteiger partial charge in [0.1, 0.15) is 18.1 Å². The van der Waals surface area contributed by atoms with E-state index in [9.17, 15) is 0 Å². The Labute approximate surface area is 209 Å². The molecule has 3 aromatic carbocycles. The largest absolute Gasteiger partial charge is 0.486 e. The number of aliphatic imine (C=N–C) groups is 2. The Hall–Kier alpha value is -3.83. The van der Waals surface area contributed by atoms with Crippen molar-refractivity contribution in [2.24, 2.45) is 15.9 Å². The number of hydrogen-bond acceptors (Lipinski definition) is 5. The average molecular weight is 482 g/mol. The van der Waals surface area contributed by atoms with Gasteiger partial charge in [0.25, 0.3) is 0 Å².